The standard InChI is InChI=1S/C51H92O10/c1-3-5-7-9-11-13-15-17-18-19-20-21-22-23-24-25-26-28-29-31-33-35-37-39-46(53)58-42-44(43-59-51-50(57)49(56)48(55)45(41-52)61-51)60-47(54)40-38-36-34-32-30-27-16-14-12-10-8-6-4-2/h25-27,30-31,33,44-45,48-52,55-57H,3-24,28-29,32,34-43H2,1-2H3/b26-25+,30-27+,33-31+/t44-,45-,48+,49?,50?,51-/m0/s1. The second kappa shape index (κ2) is 41.9. The smallest absolute Gasteiger partial charge is 0.306 e. The maximum absolute atomic E-state index is 12.8. The van der Waals surface area contributed by atoms with Gasteiger partial charge in [-0.2, -0.15) is 0 Å². The predicted molar refractivity (Wildman–Crippen MR) is 247 cm³/mol. The molecule has 1 saturated heterocycles. The summed E-state index contributed by atoms with van der Waals surface area (Å²) < 4.78 is 22.1. The Hall–Kier alpha value is -2.08. The molecule has 6 atom stereocenters. The van der Waals surface area contributed by atoms with Gasteiger partial charge in [-0.3, -0.25) is 9.59 Å². The largest absolute Gasteiger partial charge is 0.462 e. The lowest BCUT2D eigenvalue weighted by Crippen LogP contribution is -2.59. The highest BCUT2D eigenvalue weighted by Gasteiger charge is 2.44. The maximum Gasteiger partial charge on any atom is 0.306 e. The van der Waals surface area contributed by atoms with Crippen molar-refractivity contribution in [1.82, 2.24) is 0 Å². The molecule has 0 aromatic heterocycles. The van der Waals surface area contributed by atoms with Crippen molar-refractivity contribution in [2.24, 2.45) is 0 Å². The van der Waals surface area contributed by atoms with E-state index >= 15 is 0 Å². The van der Waals surface area contributed by atoms with Crippen LogP contribution >= 0.6 is 0 Å². The number of hydrogen-bond donors (Lipinski definition) is 4. The Balaban J connectivity index is 2.27. The van der Waals surface area contributed by atoms with Crippen LogP contribution in [0.15, 0.2) is 36.5 Å². The second-order valence-electron chi connectivity index (χ2n) is 17.2. The highest BCUT2D eigenvalue weighted by Crippen LogP contribution is 2.23. The normalized spacial score (nSPS) is 20.0. The average Bonchev–Trinajstić information content (AvgIpc) is 3.26. The Bertz CT molecular complexity index is 1090. The summed E-state index contributed by atoms with van der Waals surface area (Å²) in [5.41, 5.74) is 0. The fraction of sp³-hybridized carbons (Fsp3) is 0.843. The van der Waals surface area contributed by atoms with E-state index in [0.717, 1.165) is 51.4 Å². The van der Waals surface area contributed by atoms with Gasteiger partial charge in [-0.25, -0.2) is 0 Å². The van der Waals surface area contributed by atoms with Crippen molar-refractivity contribution in [2.45, 2.75) is 256 Å². The molecule has 1 aliphatic heterocycles. The van der Waals surface area contributed by atoms with Crippen molar-refractivity contribution >= 4 is 11.9 Å². The van der Waals surface area contributed by atoms with E-state index in [1.54, 1.807) is 0 Å². The summed E-state index contributed by atoms with van der Waals surface area (Å²) in [6.45, 7) is 3.38. The minimum Gasteiger partial charge on any atom is -0.462 e. The number of aliphatic hydroxyl groups is 4. The number of allylic oxidation sites excluding steroid dienone is 6. The Labute approximate surface area is 372 Å². The molecule has 356 valence electrons. The van der Waals surface area contributed by atoms with E-state index in [9.17, 15) is 30.0 Å². The van der Waals surface area contributed by atoms with Gasteiger partial charge in [0.1, 0.15) is 31.0 Å². The van der Waals surface area contributed by atoms with Crippen LogP contribution in [0.3, 0.4) is 0 Å². The average molecular weight is 865 g/mol. The van der Waals surface area contributed by atoms with Crippen LogP contribution in [0, 0.1) is 0 Å². The van der Waals surface area contributed by atoms with Crippen LogP contribution in [0.5, 0.6) is 0 Å². The van der Waals surface area contributed by atoms with Crippen molar-refractivity contribution < 1.29 is 49.0 Å². The van der Waals surface area contributed by atoms with E-state index in [2.05, 4.69) is 50.3 Å². The van der Waals surface area contributed by atoms with E-state index < -0.39 is 55.4 Å². The minimum atomic E-state index is -1.60. The molecule has 1 rings (SSSR count). The lowest BCUT2D eigenvalue weighted by atomic mass is 9.99. The zero-order valence-electron chi connectivity index (χ0n) is 38.9. The Morgan fingerprint density at radius 1 is 0.492 bits per heavy atom. The first-order chi connectivity index (χ1) is 29.8. The van der Waals surface area contributed by atoms with E-state index in [-0.39, 0.29) is 26.1 Å². The molecular weight excluding hydrogens is 773 g/mol. The molecule has 1 heterocycles. The van der Waals surface area contributed by atoms with Crippen LogP contribution in [0.4, 0.5) is 0 Å². The van der Waals surface area contributed by atoms with Gasteiger partial charge in [0, 0.05) is 12.8 Å². The summed E-state index contributed by atoms with van der Waals surface area (Å²) in [5.74, 6) is -0.870. The molecule has 0 spiro atoms. The zero-order valence-corrected chi connectivity index (χ0v) is 38.9. The Kier molecular flexibility index (Phi) is 39.1. The van der Waals surface area contributed by atoms with E-state index in [1.807, 2.05) is 0 Å². The summed E-state index contributed by atoms with van der Waals surface area (Å²) in [4.78, 5) is 25.3. The number of carbonyl (C=O) groups excluding carboxylic acids is 2. The van der Waals surface area contributed by atoms with E-state index in [4.69, 9.17) is 18.9 Å². The van der Waals surface area contributed by atoms with Crippen LogP contribution in [-0.4, -0.2) is 89.0 Å². The Morgan fingerprint density at radius 3 is 1.38 bits per heavy atom. The topological polar surface area (TPSA) is 152 Å². The van der Waals surface area contributed by atoms with Gasteiger partial charge in [-0.1, -0.05) is 172 Å². The van der Waals surface area contributed by atoms with Crippen LogP contribution in [0.25, 0.3) is 0 Å². The first-order valence-corrected chi connectivity index (χ1v) is 25.1. The lowest BCUT2D eigenvalue weighted by Gasteiger charge is -2.39. The summed E-state index contributed by atoms with van der Waals surface area (Å²) in [5, 5.41) is 40.1. The molecule has 10 heteroatoms. The molecule has 0 aromatic rings. The SMILES string of the molecule is CCCCCCCC/C=C/CCCCCC(=O)O[C@@H](COC(=O)CCC/C=C/CC/C=C/CCCCCCCCCCCCCCCC)CO[C@H]1O[C@@H](CO)[C@@H](O)C(O)C1O. The molecule has 1 aliphatic rings. The summed E-state index contributed by atoms with van der Waals surface area (Å²) in [6.07, 6.45) is 41.7. The molecule has 4 N–H and O–H groups in total. The van der Waals surface area contributed by atoms with E-state index in [1.165, 1.54) is 128 Å². The van der Waals surface area contributed by atoms with Crippen molar-refractivity contribution in [1.29, 1.82) is 0 Å². The molecular formula is C51H92O10. The number of rotatable bonds is 42. The molecule has 0 radical (unpaired) electrons. The highest BCUT2D eigenvalue weighted by atomic mass is 16.7. The lowest BCUT2D eigenvalue weighted by molar-refractivity contribution is -0.305. The molecule has 0 aromatic carbocycles. The highest BCUT2D eigenvalue weighted by molar-refractivity contribution is 5.70. The molecule has 0 aliphatic carbocycles. The maximum atomic E-state index is 12.8. The zero-order chi connectivity index (χ0) is 44.4. The third-order valence-electron chi connectivity index (χ3n) is 11.5. The third-order valence-corrected chi connectivity index (χ3v) is 11.5. The first kappa shape index (κ1) is 56.9. The predicted octanol–water partition coefficient (Wildman–Crippen LogP) is 11.4. The van der Waals surface area contributed by atoms with E-state index in [0.29, 0.717) is 12.8 Å². The van der Waals surface area contributed by atoms with Crippen LogP contribution in [0.1, 0.15) is 219 Å². The van der Waals surface area contributed by atoms with Crippen molar-refractivity contribution in [3.8, 4) is 0 Å². The fourth-order valence-corrected chi connectivity index (χ4v) is 7.50. The van der Waals surface area contributed by atoms with Gasteiger partial charge >= 0.3 is 11.9 Å². The molecule has 61 heavy (non-hydrogen) atoms. The van der Waals surface area contributed by atoms with Gasteiger partial charge in [0.25, 0.3) is 0 Å². The number of unbranched alkanes of at least 4 members (excludes halogenated alkanes) is 25. The van der Waals surface area contributed by atoms with Crippen molar-refractivity contribution in [3.05, 3.63) is 36.5 Å². The Morgan fingerprint density at radius 2 is 0.902 bits per heavy atom. The van der Waals surface area contributed by atoms with Crippen molar-refractivity contribution in [2.75, 3.05) is 19.8 Å². The van der Waals surface area contributed by atoms with Crippen LogP contribution in [0.2, 0.25) is 0 Å². The van der Waals surface area contributed by atoms with Gasteiger partial charge in [-0.05, 0) is 70.6 Å². The summed E-state index contributed by atoms with van der Waals surface area (Å²) in [7, 11) is 0. The number of ether oxygens (including phenoxy) is 4. The summed E-state index contributed by atoms with van der Waals surface area (Å²) in [6, 6.07) is 0. The molecule has 0 saturated carbocycles. The van der Waals surface area contributed by atoms with Gasteiger partial charge in [-0.15, -0.1) is 0 Å². The van der Waals surface area contributed by atoms with Crippen LogP contribution in [-0.2, 0) is 28.5 Å². The molecule has 1 fully saturated rings. The fourth-order valence-electron chi connectivity index (χ4n) is 7.50. The molecule has 0 amide bonds. The van der Waals surface area contributed by atoms with Gasteiger partial charge in [0.05, 0.1) is 13.2 Å². The van der Waals surface area contributed by atoms with Gasteiger partial charge < -0.3 is 39.4 Å². The molecule has 2 unspecified atom stereocenters. The van der Waals surface area contributed by atoms with Crippen molar-refractivity contribution in [3.63, 3.8) is 0 Å². The number of aliphatic hydroxyl groups excluding tert-OH is 4. The number of carbonyl (C=O) groups is 2. The van der Waals surface area contributed by atoms with Gasteiger partial charge in [0.15, 0.2) is 12.4 Å². The number of hydrogen-bond acceptors (Lipinski definition) is 10. The third kappa shape index (κ3) is 33.1. The molecule has 10 nitrogen and oxygen atoms in total. The molecule has 0 bridgehead atoms. The second-order valence-corrected chi connectivity index (χ2v) is 17.2. The monoisotopic (exact) mass is 865 g/mol. The van der Waals surface area contributed by atoms with Crippen LogP contribution < -0.4 is 0 Å². The quantitative estimate of drug-likeness (QED) is 0.0265. The van der Waals surface area contributed by atoms with Gasteiger partial charge in [0.2, 0.25) is 0 Å². The number of esters is 2. The first-order valence-electron chi connectivity index (χ1n) is 25.1. The summed E-state index contributed by atoms with van der Waals surface area (Å²) >= 11 is 0. The minimum absolute atomic E-state index is 0.202.